The molecule has 194 valence electrons. The van der Waals surface area contributed by atoms with Crippen LogP contribution in [0.15, 0.2) is 60.7 Å². The number of likely N-dealkylation sites (tertiary alicyclic amines) is 1. The first kappa shape index (κ1) is 26.2. The van der Waals surface area contributed by atoms with Crippen molar-refractivity contribution in [3.8, 4) is 22.6 Å². The van der Waals surface area contributed by atoms with Crippen LogP contribution in [0.3, 0.4) is 0 Å². The van der Waals surface area contributed by atoms with E-state index in [2.05, 4.69) is 5.32 Å². The minimum Gasteiger partial charge on any atom is -0.496 e. The molecule has 1 saturated heterocycles. The van der Waals surface area contributed by atoms with E-state index in [0.717, 1.165) is 28.0 Å². The van der Waals surface area contributed by atoms with Crippen molar-refractivity contribution < 1.29 is 28.2 Å². The lowest BCUT2D eigenvalue weighted by atomic mass is 10.0. The maximum Gasteiger partial charge on any atom is 0.323 e. The van der Waals surface area contributed by atoms with Crippen LogP contribution in [0.1, 0.15) is 27.9 Å². The second-order valence-corrected chi connectivity index (χ2v) is 9.05. The summed E-state index contributed by atoms with van der Waals surface area (Å²) in [5.74, 6) is 0.529. The quantitative estimate of drug-likeness (QED) is 0.458. The molecule has 0 saturated carbocycles. The molecule has 0 aromatic heterocycles. The van der Waals surface area contributed by atoms with Gasteiger partial charge in [-0.1, -0.05) is 30.3 Å². The Morgan fingerprint density at radius 1 is 1.00 bits per heavy atom. The number of amides is 1. The van der Waals surface area contributed by atoms with Crippen molar-refractivity contribution in [2.45, 2.75) is 32.0 Å². The van der Waals surface area contributed by atoms with Crippen molar-refractivity contribution in [1.29, 1.82) is 0 Å². The smallest absolute Gasteiger partial charge is 0.323 e. The van der Waals surface area contributed by atoms with Gasteiger partial charge >= 0.3 is 5.97 Å². The summed E-state index contributed by atoms with van der Waals surface area (Å²) in [7, 11) is 4.58. The summed E-state index contributed by atoms with van der Waals surface area (Å²) in [6, 6.07) is 16.4. The molecule has 2 atom stereocenters. The monoisotopic (exact) mass is 506 g/mol. The molecule has 1 fully saturated rings. The van der Waals surface area contributed by atoms with E-state index in [1.807, 2.05) is 30.0 Å². The minimum atomic E-state index is -0.502. The number of hydrogen-bond acceptors (Lipinski definition) is 6. The number of benzene rings is 3. The van der Waals surface area contributed by atoms with Gasteiger partial charge in [-0.05, 0) is 54.8 Å². The standard InChI is InChI=1S/C29H31FN2O5/c1-18-26(35-2)13-12-22(27(18)36-3)16-32-17-24(15-25(32)29(34)37-4)31-28(33)20-10-8-19(9-11-20)21-6-5-7-23(30)14-21/h5-14,24-25H,15-17H2,1-4H3,(H,31,33)/t24-,25+/m1/s1. The Bertz CT molecular complexity index is 1280. The molecule has 1 aliphatic heterocycles. The molecule has 1 aliphatic rings. The van der Waals surface area contributed by atoms with Gasteiger partial charge in [-0.2, -0.15) is 0 Å². The van der Waals surface area contributed by atoms with Crippen LogP contribution in [-0.4, -0.2) is 56.7 Å². The van der Waals surface area contributed by atoms with Gasteiger partial charge in [0, 0.05) is 35.8 Å². The highest BCUT2D eigenvalue weighted by Gasteiger charge is 2.38. The minimum absolute atomic E-state index is 0.237. The van der Waals surface area contributed by atoms with Crippen LogP contribution < -0.4 is 14.8 Å². The van der Waals surface area contributed by atoms with Crippen LogP contribution in [0.5, 0.6) is 11.5 Å². The number of ether oxygens (including phenoxy) is 3. The molecule has 1 amide bonds. The van der Waals surface area contributed by atoms with Gasteiger partial charge < -0.3 is 19.5 Å². The van der Waals surface area contributed by atoms with Crippen molar-refractivity contribution in [2.75, 3.05) is 27.9 Å². The topological polar surface area (TPSA) is 77.1 Å². The van der Waals surface area contributed by atoms with Crippen molar-refractivity contribution in [1.82, 2.24) is 10.2 Å². The van der Waals surface area contributed by atoms with E-state index in [-0.39, 0.29) is 23.7 Å². The van der Waals surface area contributed by atoms with Crippen LogP contribution in [-0.2, 0) is 16.1 Å². The predicted molar refractivity (Wildman–Crippen MR) is 138 cm³/mol. The van der Waals surface area contributed by atoms with Gasteiger partial charge in [0.15, 0.2) is 0 Å². The molecule has 0 unspecified atom stereocenters. The molecule has 1 heterocycles. The summed E-state index contributed by atoms with van der Waals surface area (Å²) in [5, 5.41) is 3.05. The molecule has 0 radical (unpaired) electrons. The van der Waals surface area contributed by atoms with Crippen LogP contribution in [0.2, 0.25) is 0 Å². The molecule has 3 aromatic carbocycles. The van der Waals surface area contributed by atoms with Gasteiger partial charge in [0.1, 0.15) is 23.4 Å². The van der Waals surface area contributed by atoms with Crippen molar-refractivity contribution >= 4 is 11.9 Å². The molecule has 8 heteroatoms. The Kier molecular flexibility index (Phi) is 8.08. The zero-order valence-electron chi connectivity index (χ0n) is 21.4. The first-order chi connectivity index (χ1) is 17.8. The third-order valence-electron chi connectivity index (χ3n) is 6.75. The molecule has 0 bridgehead atoms. The maximum atomic E-state index is 13.6. The lowest BCUT2D eigenvalue weighted by Crippen LogP contribution is -2.37. The Labute approximate surface area is 216 Å². The molecule has 37 heavy (non-hydrogen) atoms. The number of esters is 1. The predicted octanol–water partition coefficient (Wildman–Crippen LogP) is 4.36. The highest BCUT2D eigenvalue weighted by Crippen LogP contribution is 2.33. The lowest BCUT2D eigenvalue weighted by Gasteiger charge is -2.24. The van der Waals surface area contributed by atoms with Gasteiger partial charge in [0.25, 0.3) is 5.91 Å². The number of nitrogens with one attached hydrogen (secondary N) is 1. The van der Waals surface area contributed by atoms with E-state index in [1.165, 1.54) is 19.2 Å². The average Bonchev–Trinajstić information content (AvgIpc) is 3.30. The summed E-state index contributed by atoms with van der Waals surface area (Å²) in [6.07, 6.45) is 0.428. The van der Waals surface area contributed by atoms with Crippen LogP contribution in [0.25, 0.3) is 11.1 Å². The highest BCUT2D eigenvalue weighted by molar-refractivity contribution is 5.95. The number of carbonyl (C=O) groups excluding carboxylic acids is 2. The summed E-state index contributed by atoms with van der Waals surface area (Å²) < 4.78 is 29.6. The Hall–Kier alpha value is -3.91. The SMILES string of the molecule is COC(=O)[C@@H]1C[C@@H](NC(=O)c2ccc(-c3cccc(F)c3)cc2)CN1Cc1ccc(OC)c(C)c1OC. The summed E-state index contributed by atoms with van der Waals surface area (Å²) >= 11 is 0. The van der Waals surface area contributed by atoms with E-state index in [1.54, 1.807) is 44.6 Å². The van der Waals surface area contributed by atoms with Crippen LogP contribution in [0.4, 0.5) is 4.39 Å². The Morgan fingerprint density at radius 3 is 2.41 bits per heavy atom. The number of rotatable bonds is 8. The van der Waals surface area contributed by atoms with Crippen LogP contribution in [0, 0.1) is 12.7 Å². The van der Waals surface area contributed by atoms with Crippen LogP contribution >= 0.6 is 0 Å². The fourth-order valence-electron chi connectivity index (χ4n) is 4.89. The number of halogens is 1. The average molecular weight is 507 g/mol. The normalized spacial score (nSPS) is 17.3. The van der Waals surface area contributed by atoms with Crippen molar-refractivity contribution in [2.24, 2.45) is 0 Å². The second kappa shape index (κ2) is 11.4. The van der Waals surface area contributed by atoms with Crippen molar-refractivity contribution in [3.05, 3.63) is 83.2 Å². The van der Waals surface area contributed by atoms with E-state index in [9.17, 15) is 14.0 Å². The first-order valence-electron chi connectivity index (χ1n) is 12.0. The van der Waals surface area contributed by atoms with Gasteiger partial charge in [-0.25, -0.2) is 4.39 Å². The highest BCUT2D eigenvalue weighted by atomic mass is 19.1. The first-order valence-corrected chi connectivity index (χ1v) is 12.0. The number of methoxy groups -OCH3 is 3. The third-order valence-corrected chi connectivity index (χ3v) is 6.75. The largest absolute Gasteiger partial charge is 0.496 e. The second-order valence-electron chi connectivity index (χ2n) is 9.05. The van der Waals surface area contributed by atoms with E-state index >= 15 is 0 Å². The molecular weight excluding hydrogens is 475 g/mol. The fraction of sp³-hybridized carbons (Fsp3) is 0.310. The van der Waals surface area contributed by atoms with Gasteiger partial charge in [0.2, 0.25) is 0 Å². The van der Waals surface area contributed by atoms with Crippen molar-refractivity contribution in [3.63, 3.8) is 0 Å². The molecular formula is C29H31FN2O5. The molecule has 7 nitrogen and oxygen atoms in total. The molecule has 4 rings (SSSR count). The number of nitrogens with zero attached hydrogens (tertiary/aromatic N) is 1. The molecule has 0 spiro atoms. The fourth-order valence-corrected chi connectivity index (χ4v) is 4.89. The Morgan fingerprint density at radius 2 is 1.76 bits per heavy atom. The van der Waals surface area contributed by atoms with Gasteiger partial charge in [-0.3, -0.25) is 14.5 Å². The number of carbonyl (C=O) groups is 2. The number of hydrogen-bond donors (Lipinski definition) is 1. The summed E-state index contributed by atoms with van der Waals surface area (Å²) in [4.78, 5) is 27.6. The molecule has 3 aromatic rings. The van der Waals surface area contributed by atoms with Gasteiger partial charge in [-0.15, -0.1) is 0 Å². The van der Waals surface area contributed by atoms with E-state index in [4.69, 9.17) is 14.2 Å². The van der Waals surface area contributed by atoms with Gasteiger partial charge in [0.05, 0.1) is 21.3 Å². The van der Waals surface area contributed by atoms with E-state index < -0.39 is 6.04 Å². The molecule has 0 aliphatic carbocycles. The zero-order chi connectivity index (χ0) is 26.5. The lowest BCUT2D eigenvalue weighted by molar-refractivity contribution is -0.146. The zero-order valence-corrected chi connectivity index (χ0v) is 21.4. The maximum absolute atomic E-state index is 13.6. The Balaban J connectivity index is 1.47. The van der Waals surface area contributed by atoms with E-state index in [0.29, 0.717) is 30.8 Å². The third kappa shape index (κ3) is 5.75. The molecule has 1 N–H and O–H groups in total. The summed E-state index contributed by atoms with van der Waals surface area (Å²) in [6.45, 7) is 2.84. The summed E-state index contributed by atoms with van der Waals surface area (Å²) in [5.41, 5.74) is 3.83.